The van der Waals surface area contributed by atoms with E-state index in [1.165, 1.54) is 5.56 Å². The van der Waals surface area contributed by atoms with Crippen LogP contribution in [0.4, 0.5) is 0 Å². The number of ether oxygens (including phenoxy) is 1. The fourth-order valence-corrected chi connectivity index (χ4v) is 4.20. The van der Waals surface area contributed by atoms with Crippen LogP contribution in [0.2, 0.25) is 0 Å². The highest BCUT2D eigenvalue weighted by Gasteiger charge is 2.18. The van der Waals surface area contributed by atoms with E-state index >= 15 is 0 Å². The quantitative estimate of drug-likeness (QED) is 0.317. The van der Waals surface area contributed by atoms with Crippen molar-refractivity contribution in [1.82, 2.24) is 19.5 Å². The van der Waals surface area contributed by atoms with Crippen LogP contribution in [0.15, 0.2) is 60.7 Å². The van der Waals surface area contributed by atoms with Gasteiger partial charge in [-0.25, -0.2) is 19.7 Å². The fraction of sp³-hybridized carbons (Fsp3) is 0.172. The first-order chi connectivity index (χ1) is 17.4. The van der Waals surface area contributed by atoms with Crippen LogP contribution in [-0.2, 0) is 7.05 Å². The van der Waals surface area contributed by atoms with E-state index in [0.29, 0.717) is 28.8 Å². The smallest absolute Gasteiger partial charge is 0.335 e. The number of hydrogen-bond donors (Lipinski definition) is 1. The van der Waals surface area contributed by atoms with Gasteiger partial charge in [-0.15, -0.1) is 6.42 Å². The Hall–Kier alpha value is -4.70. The molecule has 2 heterocycles. The SMILES string of the molecule is C#CCOc1ccc2nc(-c3nc4cc(C(=O)O)ccc4n3C)nc(-c3ccc(C(C)C)cc3)c2c1. The molecule has 7 heteroatoms. The summed E-state index contributed by atoms with van der Waals surface area (Å²) in [5.41, 5.74) is 5.19. The second kappa shape index (κ2) is 9.16. The largest absolute Gasteiger partial charge is 0.481 e. The van der Waals surface area contributed by atoms with Gasteiger partial charge in [-0.1, -0.05) is 44.0 Å². The number of rotatable bonds is 6. The van der Waals surface area contributed by atoms with Crippen molar-refractivity contribution in [2.45, 2.75) is 19.8 Å². The molecule has 0 amide bonds. The van der Waals surface area contributed by atoms with Crippen LogP contribution in [0.3, 0.4) is 0 Å². The maximum Gasteiger partial charge on any atom is 0.335 e. The van der Waals surface area contributed by atoms with Crippen molar-refractivity contribution in [3.05, 3.63) is 71.8 Å². The van der Waals surface area contributed by atoms with E-state index in [4.69, 9.17) is 26.1 Å². The Labute approximate surface area is 208 Å². The second-order valence-electron chi connectivity index (χ2n) is 8.85. The van der Waals surface area contributed by atoms with E-state index in [1.54, 1.807) is 18.2 Å². The topological polar surface area (TPSA) is 90.1 Å². The van der Waals surface area contributed by atoms with Gasteiger partial charge in [0.25, 0.3) is 0 Å². The zero-order chi connectivity index (χ0) is 25.4. The zero-order valence-corrected chi connectivity index (χ0v) is 20.2. The Bertz CT molecular complexity index is 1660. The summed E-state index contributed by atoms with van der Waals surface area (Å²) in [5.74, 6) is 3.53. The fourth-order valence-electron chi connectivity index (χ4n) is 4.20. The molecule has 0 saturated heterocycles. The summed E-state index contributed by atoms with van der Waals surface area (Å²) in [5, 5.41) is 10.2. The van der Waals surface area contributed by atoms with Crippen molar-refractivity contribution in [2.75, 3.05) is 6.61 Å². The minimum Gasteiger partial charge on any atom is -0.481 e. The molecule has 0 fully saturated rings. The third-order valence-corrected chi connectivity index (χ3v) is 6.17. The first-order valence-electron chi connectivity index (χ1n) is 11.5. The summed E-state index contributed by atoms with van der Waals surface area (Å²) >= 11 is 0. The Morgan fingerprint density at radius 1 is 1.03 bits per heavy atom. The Balaban J connectivity index is 1.72. The molecule has 178 valence electrons. The molecule has 3 aromatic carbocycles. The van der Waals surface area contributed by atoms with Gasteiger partial charge in [-0.05, 0) is 47.9 Å². The Morgan fingerprint density at radius 3 is 2.50 bits per heavy atom. The molecule has 0 atom stereocenters. The molecule has 5 aromatic rings. The van der Waals surface area contributed by atoms with E-state index in [1.807, 2.05) is 29.8 Å². The van der Waals surface area contributed by atoms with E-state index in [0.717, 1.165) is 27.7 Å². The van der Waals surface area contributed by atoms with E-state index in [-0.39, 0.29) is 12.2 Å². The summed E-state index contributed by atoms with van der Waals surface area (Å²) in [7, 11) is 1.87. The van der Waals surface area contributed by atoms with Crippen LogP contribution < -0.4 is 4.74 Å². The molecule has 2 aromatic heterocycles. The van der Waals surface area contributed by atoms with Crippen molar-refractivity contribution >= 4 is 27.9 Å². The van der Waals surface area contributed by atoms with Crippen LogP contribution in [0.25, 0.3) is 44.8 Å². The van der Waals surface area contributed by atoms with Gasteiger partial charge in [0, 0.05) is 18.0 Å². The highest BCUT2D eigenvalue weighted by molar-refractivity contribution is 5.95. The van der Waals surface area contributed by atoms with Crippen LogP contribution >= 0.6 is 0 Å². The number of benzene rings is 3. The first kappa shape index (κ1) is 23.1. The predicted molar refractivity (Wildman–Crippen MR) is 140 cm³/mol. The third kappa shape index (κ3) is 4.14. The molecule has 0 radical (unpaired) electrons. The number of aromatic nitrogens is 4. The molecule has 0 saturated carbocycles. The molecule has 0 spiro atoms. The van der Waals surface area contributed by atoms with E-state index in [9.17, 15) is 9.90 Å². The van der Waals surface area contributed by atoms with Gasteiger partial charge in [0.1, 0.15) is 12.4 Å². The summed E-state index contributed by atoms with van der Waals surface area (Å²) in [6.45, 7) is 4.48. The number of carboxylic acid groups (broad SMARTS) is 1. The minimum absolute atomic E-state index is 0.168. The average Bonchev–Trinajstić information content (AvgIpc) is 3.22. The van der Waals surface area contributed by atoms with Crippen molar-refractivity contribution in [3.8, 4) is 41.0 Å². The van der Waals surface area contributed by atoms with Crippen molar-refractivity contribution in [1.29, 1.82) is 0 Å². The molecule has 0 unspecified atom stereocenters. The molecule has 0 aliphatic heterocycles. The van der Waals surface area contributed by atoms with Gasteiger partial charge in [-0.3, -0.25) is 0 Å². The van der Waals surface area contributed by atoms with Crippen LogP contribution in [0.1, 0.15) is 35.7 Å². The standard InChI is InChI=1S/C29H24N4O3/c1-5-14-36-21-11-12-23-22(16-21)26(19-8-6-18(7-9-19)17(2)3)32-27(30-23)28-31-24-15-20(29(34)35)10-13-25(24)33(28)4/h1,6-13,15-17H,14H2,2-4H3,(H,34,35). The lowest BCUT2D eigenvalue weighted by atomic mass is 9.99. The number of imidazole rings is 1. The van der Waals surface area contributed by atoms with Gasteiger partial charge < -0.3 is 14.4 Å². The molecule has 0 bridgehead atoms. The molecule has 1 N–H and O–H groups in total. The van der Waals surface area contributed by atoms with Gasteiger partial charge in [0.05, 0.1) is 27.8 Å². The summed E-state index contributed by atoms with van der Waals surface area (Å²) < 4.78 is 7.53. The third-order valence-electron chi connectivity index (χ3n) is 6.17. The number of carboxylic acids is 1. The average molecular weight is 477 g/mol. The lowest BCUT2D eigenvalue weighted by Gasteiger charge is -2.12. The normalized spacial score (nSPS) is 11.2. The zero-order valence-electron chi connectivity index (χ0n) is 20.2. The summed E-state index contributed by atoms with van der Waals surface area (Å²) in [6.07, 6.45) is 5.36. The Morgan fingerprint density at radius 2 is 1.81 bits per heavy atom. The number of hydrogen-bond acceptors (Lipinski definition) is 5. The lowest BCUT2D eigenvalue weighted by Crippen LogP contribution is -2.01. The maximum absolute atomic E-state index is 11.4. The number of carbonyl (C=O) groups is 1. The molecular formula is C29H24N4O3. The summed E-state index contributed by atoms with van der Waals surface area (Å²) in [4.78, 5) is 25.9. The number of terminal acetylenes is 1. The Kier molecular flexibility index (Phi) is 5.87. The number of aromatic carboxylic acids is 1. The molecule has 36 heavy (non-hydrogen) atoms. The van der Waals surface area contributed by atoms with E-state index < -0.39 is 5.97 Å². The summed E-state index contributed by atoms with van der Waals surface area (Å²) in [6, 6.07) is 18.8. The lowest BCUT2D eigenvalue weighted by molar-refractivity contribution is 0.0697. The van der Waals surface area contributed by atoms with Crippen molar-refractivity contribution in [2.24, 2.45) is 7.05 Å². The minimum atomic E-state index is -0.999. The first-order valence-corrected chi connectivity index (χ1v) is 11.5. The van der Waals surface area contributed by atoms with Crippen molar-refractivity contribution < 1.29 is 14.6 Å². The predicted octanol–water partition coefficient (Wildman–Crippen LogP) is 5.68. The van der Waals surface area contributed by atoms with Gasteiger partial charge in [0.2, 0.25) is 0 Å². The molecule has 5 rings (SSSR count). The number of fused-ring (bicyclic) bond motifs is 2. The molecular weight excluding hydrogens is 452 g/mol. The monoisotopic (exact) mass is 476 g/mol. The van der Waals surface area contributed by atoms with E-state index in [2.05, 4.69) is 44.0 Å². The number of nitrogens with zero attached hydrogens (tertiary/aromatic N) is 4. The van der Waals surface area contributed by atoms with Gasteiger partial charge in [0.15, 0.2) is 11.6 Å². The van der Waals surface area contributed by atoms with Crippen molar-refractivity contribution in [3.63, 3.8) is 0 Å². The number of aryl methyl sites for hydroxylation is 1. The van der Waals surface area contributed by atoms with Gasteiger partial charge in [-0.2, -0.15) is 0 Å². The van der Waals surface area contributed by atoms with Crippen LogP contribution in [0.5, 0.6) is 5.75 Å². The molecule has 0 aliphatic rings. The molecule has 7 nitrogen and oxygen atoms in total. The van der Waals surface area contributed by atoms with Crippen LogP contribution in [-0.4, -0.2) is 37.2 Å². The van der Waals surface area contributed by atoms with Gasteiger partial charge >= 0.3 is 5.97 Å². The van der Waals surface area contributed by atoms with Crippen LogP contribution in [0, 0.1) is 12.3 Å². The highest BCUT2D eigenvalue weighted by atomic mass is 16.5. The molecule has 0 aliphatic carbocycles. The highest BCUT2D eigenvalue weighted by Crippen LogP contribution is 2.33. The maximum atomic E-state index is 11.4. The second-order valence-corrected chi connectivity index (χ2v) is 8.85.